The van der Waals surface area contributed by atoms with Gasteiger partial charge in [0, 0.05) is 18.1 Å². The van der Waals surface area contributed by atoms with Gasteiger partial charge >= 0.3 is 0 Å². The lowest BCUT2D eigenvalue weighted by Gasteiger charge is -2.25. The predicted octanol–water partition coefficient (Wildman–Crippen LogP) is 3.66. The van der Waals surface area contributed by atoms with Gasteiger partial charge in [-0.2, -0.15) is 0 Å². The van der Waals surface area contributed by atoms with Crippen molar-refractivity contribution < 1.29 is 0 Å². The number of aromatic amines is 1. The van der Waals surface area contributed by atoms with Gasteiger partial charge in [-0.25, -0.2) is 4.98 Å². The van der Waals surface area contributed by atoms with Gasteiger partial charge in [0.25, 0.3) is 5.56 Å². The largest absolute Gasteiger partial charge is 0.311 e. The molecule has 0 atom stereocenters. The van der Waals surface area contributed by atoms with E-state index >= 15 is 0 Å². The summed E-state index contributed by atoms with van der Waals surface area (Å²) in [6.45, 7) is 2.08. The molecule has 1 N–H and O–H groups in total. The van der Waals surface area contributed by atoms with E-state index in [1.807, 2.05) is 0 Å². The molecule has 2 aromatic rings. The Bertz CT molecular complexity index is 639. The van der Waals surface area contributed by atoms with Gasteiger partial charge in [-0.05, 0) is 30.7 Å². The molecule has 0 unspecified atom stereocenters. The van der Waals surface area contributed by atoms with Crippen LogP contribution in [0.15, 0.2) is 35.1 Å². The summed E-state index contributed by atoms with van der Waals surface area (Å²) in [5, 5.41) is 0. The molecule has 0 aliphatic heterocycles. The van der Waals surface area contributed by atoms with Crippen LogP contribution in [-0.2, 0) is 6.42 Å². The maximum atomic E-state index is 11.7. The Hall–Kier alpha value is -1.90. The molecule has 3 rings (SSSR count). The number of aryl methyl sites for hydroxylation is 1. The van der Waals surface area contributed by atoms with E-state index in [-0.39, 0.29) is 5.56 Å². The second kappa shape index (κ2) is 5.61. The standard InChI is InChI=1S/C17H20N2O/c1-2-4-16-18-15(11-17(20)19-16)14-9-7-13(8-10-14)12-5-3-6-12/h7-12H,2-6H2,1H3,(H,18,19,20). The second-order valence-electron chi connectivity index (χ2n) is 5.58. The summed E-state index contributed by atoms with van der Waals surface area (Å²) in [5.74, 6) is 1.52. The summed E-state index contributed by atoms with van der Waals surface area (Å²) in [6, 6.07) is 10.1. The predicted molar refractivity (Wildman–Crippen MR) is 80.9 cm³/mol. The summed E-state index contributed by atoms with van der Waals surface area (Å²) in [4.78, 5) is 19.0. The quantitative estimate of drug-likeness (QED) is 0.919. The molecule has 1 aromatic heterocycles. The first-order chi connectivity index (χ1) is 9.76. The minimum atomic E-state index is -0.0680. The number of rotatable bonds is 4. The summed E-state index contributed by atoms with van der Waals surface area (Å²) >= 11 is 0. The fraction of sp³-hybridized carbons (Fsp3) is 0.412. The van der Waals surface area contributed by atoms with Gasteiger partial charge in [0.1, 0.15) is 5.82 Å². The molecule has 1 fully saturated rings. The van der Waals surface area contributed by atoms with E-state index in [0.717, 1.165) is 35.8 Å². The minimum Gasteiger partial charge on any atom is -0.311 e. The highest BCUT2D eigenvalue weighted by Gasteiger charge is 2.19. The molecule has 0 radical (unpaired) electrons. The molecule has 3 nitrogen and oxygen atoms in total. The second-order valence-corrected chi connectivity index (χ2v) is 5.58. The first-order valence-electron chi connectivity index (χ1n) is 7.47. The highest BCUT2D eigenvalue weighted by atomic mass is 16.1. The first-order valence-corrected chi connectivity index (χ1v) is 7.47. The van der Waals surface area contributed by atoms with Crippen LogP contribution < -0.4 is 5.56 Å². The van der Waals surface area contributed by atoms with Crippen molar-refractivity contribution in [2.45, 2.75) is 44.9 Å². The lowest BCUT2D eigenvalue weighted by molar-refractivity contribution is 0.420. The maximum absolute atomic E-state index is 11.7. The van der Waals surface area contributed by atoms with E-state index in [2.05, 4.69) is 41.2 Å². The molecule has 1 heterocycles. The van der Waals surface area contributed by atoms with Crippen molar-refractivity contribution in [3.05, 3.63) is 52.1 Å². The Morgan fingerprint density at radius 3 is 2.60 bits per heavy atom. The molecule has 1 saturated carbocycles. The molecular weight excluding hydrogens is 248 g/mol. The lowest BCUT2D eigenvalue weighted by atomic mass is 9.80. The topological polar surface area (TPSA) is 45.8 Å². The maximum Gasteiger partial charge on any atom is 0.251 e. The van der Waals surface area contributed by atoms with E-state index in [1.165, 1.54) is 24.8 Å². The van der Waals surface area contributed by atoms with E-state index in [9.17, 15) is 4.79 Å². The number of aromatic nitrogens is 2. The van der Waals surface area contributed by atoms with Gasteiger partial charge in [0.05, 0.1) is 5.69 Å². The Morgan fingerprint density at radius 2 is 2.00 bits per heavy atom. The zero-order chi connectivity index (χ0) is 13.9. The Labute approximate surface area is 119 Å². The SMILES string of the molecule is CCCc1nc(-c2ccc(C3CCC3)cc2)cc(=O)[nH]1. The normalized spacial score (nSPS) is 15.1. The van der Waals surface area contributed by atoms with Crippen LogP contribution in [-0.4, -0.2) is 9.97 Å². The number of nitrogens with one attached hydrogen (secondary N) is 1. The van der Waals surface area contributed by atoms with E-state index in [0.29, 0.717) is 0 Å². The Balaban J connectivity index is 1.89. The molecule has 1 aliphatic carbocycles. The molecule has 0 spiro atoms. The van der Waals surface area contributed by atoms with Crippen LogP contribution in [0.4, 0.5) is 0 Å². The van der Waals surface area contributed by atoms with Crippen molar-refractivity contribution in [3.63, 3.8) is 0 Å². The van der Waals surface area contributed by atoms with Crippen molar-refractivity contribution in [1.29, 1.82) is 0 Å². The molecule has 0 bridgehead atoms. The third kappa shape index (κ3) is 2.67. The average molecular weight is 268 g/mol. The first kappa shape index (κ1) is 13.1. The highest BCUT2D eigenvalue weighted by molar-refractivity contribution is 5.59. The molecule has 20 heavy (non-hydrogen) atoms. The van der Waals surface area contributed by atoms with Crippen molar-refractivity contribution in [2.75, 3.05) is 0 Å². The molecular formula is C17H20N2O. The van der Waals surface area contributed by atoms with Gasteiger partial charge < -0.3 is 4.98 Å². The van der Waals surface area contributed by atoms with Gasteiger partial charge in [-0.1, -0.05) is 37.6 Å². The van der Waals surface area contributed by atoms with Gasteiger partial charge in [-0.3, -0.25) is 4.79 Å². The number of benzene rings is 1. The van der Waals surface area contributed by atoms with Gasteiger partial charge in [0.2, 0.25) is 0 Å². The van der Waals surface area contributed by atoms with E-state index in [1.54, 1.807) is 6.07 Å². The number of hydrogen-bond acceptors (Lipinski definition) is 2. The van der Waals surface area contributed by atoms with Crippen LogP contribution in [0, 0.1) is 0 Å². The average Bonchev–Trinajstić information content (AvgIpc) is 2.37. The smallest absolute Gasteiger partial charge is 0.251 e. The minimum absolute atomic E-state index is 0.0680. The zero-order valence-corrected chi connectivity index (χ0v) is 11.9. The van der Waals surface area contributed by atoms with Crippen molar-refractivity contribution in [2.24, 2.45) is 0 Å². The Morgan fingerprint density at radius 1 is 1.25 bits per heavy atom. The third-order valence-corrected chi connectivity index (χ3v) is 4.06. The molecule has 1 aliphatic rings. The molecule has 0 amide bonds. The van der Waals surface area contributed by atoms with E-state index < -0.39 is 0 Å². The van der Waals surface area contributed by atoms with Gasteiger partial charge in [0.15, 0.2) is 0 Å². The number of hydrogen-bond donors (Lipinski definition) is 1. The van der Waals surface area contributed by atoms with Crippen LogP contribution in [0.25, 0.3) is 11.3 Å². The summed E-state index contributed by atoms with van der Waals surface area (Å²) in [6.07, 6.45) is 5.76. The fourth-order valence-electron chi connectivity index (χ4n) is 2.68. The van der Waals surface area contributed by atoms with Gasteiger partial charge in [-0.15, -0.1) is 0 Å². The lowest BCUT2D eigenvalue weighted by Crippen LogP contribution is -2.11. The van der Waals surface area contributed by atoms with Crippen LogP contribution in [0.1, 0.15) is 49.9 Å². The monoisotopic (exact) mass is 268 g/mol. The van der Waals surface area contributed by atoms with Crippen molar-refractivity contribution >= 4 is 0 Å². The highest BCUT2D eigenvalue weighted by Crippen LogP contribution is 2.36. The molecule has 0 saturated heterocycles. The summed E-state index contributed by atoms with van der Waals surface area (Å²) in [7, 11) is 0. The number of H-pyrrole nitrogens is 1. The number of nitrogens with zero attached hydrogens (tertiary/aromatic N) is 1. The van der Waals surface area contributed by atoms with Crippen molar-refractivity contribution in [1.82, 2.24) is 9.97 Å². The zero-order valence-electron chi connectivity index (χ0n) is 11.9. The van der Waals surface area contributed by atoms with Crippen LogP contribution in [0.3, 0.4) is 0 Å². The fourth-order valence-corrected chi connectivity index (χ4v) is 2.68. The molecule has 3 heteroatoms. The summed E-state index contributed by atoms with van der Waals surface area (Å²) < 4.78 is 0. The molecule has 1 aromatic carbocycles. The van der Waals surface area contributed by atoms with Crippen LogP contribution >= 0.6 is 0 Å². The third-order valence-electron chi connectivity index (χ3n) is 4.06. The van der Waals surface area contributed by atoms with Crippen molar-refractivity contribution in [3.8, 4) is 11.3 Å². The summed E-state index contributed by atoms with van der Waals surface area (Å²) in [5.41, 5.74) is 3.15. The van der Waals surface area contributed by atoms with Crippen LogP contribution in [0.5, 0.6) is 0 Å². The van der Waals surface area contributed by atoms with Crippen LogP contribution in [0.2, 0.25) is 0 Å². The van der Waals surface area contributed by atoms with E-state index in [4.69, 9.17) is 0 Å². The molecule has 104 valence electrons. The Kier molecular flexibility index (Phi) is 3.68.